The predicted molar refractivity (Wildman–Crippen MR) is 88.1 cm³/mol. The third-order valence-corrected chi connectivity index (χ3v) is 5.11. The Labute approximate surface area is 132 Å². The van der Waals surface area contributed by atoms with Gasteiger partial charge in [0.25, 0.3) is 0 Å². The zero-order chi connectivity index (χ0) is 15.4. The fraction of sp³-hybridized carbons (Fsp3) is 0.611. The number of rotatable bonds is 4. The van der Waals surface area contributed by atoms with Gasteiger partial charge >= 0.3 is 0 Å². The first-order valence-electron chi connectivity index (χ1n) is 8.37. The van der Waals surface area contributed by atoms with Crippen LogP contribution in [0.4, 0.5) is 5.69 Å². The Bertz CT molecular complexity index is 530. The molecular formula is C18H26N2O2. The first kappa shape index (κ1) is 15.5. The lowest BCUT2D eigenvalue weighted by atomic mass is 9.78. The van der Waals surface area contributed by atoms with Crippen LogP contribution < -0.4 is 10.6 Å². The first-order chi connectivity index (χ1) is 10.7. The van der Waals surface area contributed by atoms with E-state index < -0.39 is 5.41 Å². The molecule has 1 saturated heterocycles. The van der Waals surface area contributed by atoms with Gasteiger partial charge in [0, 0.05) is 12.8 Å². The monoisotopic (exact) mass is 302 g/mol. The number of hydrogen-bond acceptors (Lipinski definition) is 3. The van der Waals surface area contributed by atoms with Gasteiger partial charge in [0.1, 0.15) is 0 Å². The summed E-state index contributed by atoms with van der Waals surface area (Å²) >= 11 is 0. The summed E-state index contributed by atoms with van der Waals surface area (Å²) in [6.07, 6.45) is 6.34. The van der Waals surface area contributed by atoms with E-state index in [2.05, 4.69) is 22.8 Å². The molecule has 22 heavy (non-hydrogen) atoms. The van der Waals surface area contributed by atoms with Gasteiger partial charge in [-0.1, -0.05) is 12.1 Å². The van der Waals surface area contributed by atoms with Crippen LogP contribution in [0.2, 0.25) is 0 Å². The van der Waals surface area contributed by atoms with E-state index in [4.69, 9.17) is 4.74 Å². The van der Waals surface area contributed by atoms with E-state index in [0.29, 0.717) is 6.61 Å². The summed E-state index contributed by atoms with van der Waals surface area (Å²) in [4.78, 5) is 12.9. The molecule has 1 aromatic carbocycles. The lowest BCUT2D eigenvalue weighted by Gasteiger charge is -2.36. The van der Waals surface area contributed by atoms with Crippen LogP contribution in [-0.4, -0.2) is 32.7 Å². The Morgan fingerprint density at radius 1 is 1.27 bits per heavy atom. The molecule has 4 heteroatoms. The topological polar surface area (TPSA) is 50.4 Å². The van der Waals surface area contributed by atoms with Gasteiger partial charge in [0.2, 0.25) is 5.91 Å². The van der Waals surface area contributed by atoms with E-state index in [1.54, 1.807) is 7.11 Å². The zero-order valence-corrected chi connectivity index (χ0v) is 13.4. The minimum atomic E-state index is -0.391. The lowest BCUT2D eigenvalue weighted by molar-refractivity contribution is -0.130. The molecule has 0 aromatic heterocycles. The van der Waals surface area contributed by atoms with Crippen LogP contribution in [0.3, 0.4) is 0 Å². The Balaban J connectivity index is 1.81. The number of nitrogens with one attached hydrogen (secondary N) is 2. The van der Waals surface area contributed by atoms with Gasteiger partial charge in [-0.05, 0) is 68.8 Å². The molecule has 1 aliphatic carbocycles. The third kappa shape index (κ3) is 3.03. The average Bonchev–Trinajstić information content (AvgIpc) is 2.56. The number of amides is 1. The average molecular weight is 302 g/mol. The number of carbonyl (C=O) groups excluding carboxylic acids is 1. The van der Waals surface area contributed by atoms with Crippen LogP contribution in [0.25, 0.3) is 0 Å². The molecule has 1 heterocycles. The number of ether oxygens (including phenoxy) is 1. The van der Waals surface area contributed by atoms with Gasteiger partial charge in [-0.25, -0.2) is 0 Å². The fourth-order valence-corrected chi connectivity index (χ4v) is 3.77. The molecule has 0 spiro atoms. The van der Waals surface area contributed by atoms with Crippen molar-refractivity contribution in [1.29, 1.82) is 0 Å². The van der Waals surface area contributed by atoms with Crippen molar-refractivity contribution in [3.63, 3.8) is 0 Å². The highest BCUT2D eigenvalue weighted by Gasteiger charge is 2.39. The lowest BCUT2D eigenvalue weighted by Crippen LogP contribution is -2.47. The largest absolute Gasteiger partial charge is 0.384 e. The fourth-order valence-electron chi connectivity index (χ4n) is 3.77. The second kappa shape index (κ2) is 6.80. The molecule has 2 aliphatic rings. The summed E-state index contributed by atoms with van der Waals surface area (Å²) in [5.41, 5.74) is 3.35. The molecule has 0 unspecified atom stereocenters. The normalized spacial score (nSPS) is 20.2. The zero-order valence-electron chi connectivity index (χ0n) is 13.4. The molecular weight excluding hydrogens is 276 g/mol. The maximum absolute atomic E-state index is 12.9. The van der Waals surface area contributed by atoms with Crippen LogP contribution in [0, 0.1) is 5.41 Å². The van der Waals surface area contributed by atoms with Gasteiger partial charge in [0.05, 0.1) is 12.0 Å². The van der Waals surface area contributed by atoms with Crippen molar-refractivity contribution in [2.75, 3.05) is 32.1 Å². The van der Waals surface area contributed by atoms with E-state index in [1.807, 2.05) is 6.07 Å². The number of methoxy groups -OCH3 is 1. The Morgan fingerprint density at radius 3 is 2.82 bits per heavy atom. The number of fused-ring (bicyclic) bond motifs is 1. The number of carbonyl (C=O) groups is 1. The smallest absolute Gasteiger partial charge is 0.233 e. The Hall–Kier alpha value is -1.39. The minimum Gasteiger partial charge on any atom is -0.384 e. The number of anilines is 1. The summed E-state index contributed by atoms with van der Waals surface area (Å²) in [6, 6.07) is 6.30. The van der Waals surface area contributed by atoms with E-state index in [9.17, 15) is 4.79 Å². The van der Waals surface area contributed by atoms with Gasteiger partial charge in [-0.15, -0.1) is 0 Å². The van der Waals surface area contributed by atoms with Crippen LogP contribution >= 0.6 is 0 Å². The van der Waals surface area contributed by atoms with Gasteiger partial charge in [-0.2, -0.15) is 0 Å². The summed E-state index contributed by atoms with van der Waals surface area (Å²) in [6.45, 7) is 2.25. The molecule has 0 saturated carbocycles. The summed E-state index contributed by atoms with van der Waals surface area (Å²) in [7, 11) is 1.68. The van der Waals surface area contributed by atoms with E-state index >= 15 is 0 Å². The highest BCUT2D eigenvalue weighted by molar-refractivity contribution is 5.96. The maximum Gasteiger partial charge on any atom is 0.233 e. The molecule has 4 nitrogen and oxygen atoms in total. The van der Waals surface area contributed by atoms with Crippen molar-refractivity contribution in [2.45, 2.75) is 38.5 Å². The van der Waals surface area contributed by atoms with Crippen molar-refractivity contribution in [2.24, 2.45) is 5.41 Å². The van der Waals surface area contributed by atoms with Gasteiger partial charge < -0.3 is 15.4 Å². The third-order valence-electron chi connectivity index (χ3n) is 5.11. The predicted octanol–water partition coefficient (Wildman–Crippen LogP) is 2.52. The van der Waals surface area contributed by atoms with Crippen molar-refractivity contribution in [3.05, 3.63) is 29.3 Å². The van der Waals surface area contributed by atoms with Crippen LogP contribution in [0.5, 0.6) is 0 Å². The Morgan fingerprint density at radius 2 is 2.05 bits per heavy atom. The molecule has 0 atom stereocenters. The number of piperidine rings is 1. The molecule has 120 valence electrons. The van der Waals surface area contributed by atoms with Crippen molar-refractivity contribution in [1.82, 2.24) is 5.32 Å². The maximum atomic E-state index is 12.9. The number of benzene rings is 1. The summed E-state index contributed by atoms with van der Waals surface area (Å²) in [5, 5.41) is 6.55. The van der Waals surface area contributed by atoms with Crippen molar-refractivity contribution >= 4 is 11.6 Å². The van der Waals surface area contributed by atoms with Gasteiger partial charge in [-0.3, -0.25) is 4.79 Å². The van der Waals surface area contributed by atoms with E-state index in [0.717, 1.165) is 44.5 Å². The molecule has 1 amide bonds. The van der Waals surface area contributed by atoms with E-state index in [-0.39, 0.29) is 5.91 Å². The van der Waals surface area contributed by atoms with Crippen molar-refractivity contribution < 1.29 is 9.53 Å². The number of aryl methyl sites for hydroxylation is 1. The number of hydrogen-bond donors (Lipinski definition) is 2. The molecule has 2 N–H and O–H groups in total. The second-order valence-electron chi connectivity index (χ2n) is 6.57. The highest BCUT2D eigenvalue weighted by Crippen LogP contribution is 2.33. The molecule has 0 radical (unpaired) electrons. The SMILES string of the molecule is COCC1(C(=O)Nc2cccc3c2CCCC3)CCNCC1. The molecule has 1 fully saturated rings. The summed E-state index contributed by atoms with van der Waals surface area (Å²) in [5.74, 6) is 0.120. The standard InChI is InChI=1S/C18H26N2O2/c1-22-13-18(9-11-19-12-10-18)17(21)20-16-8-4-6-14-5-2-3-7-15(14)16/h4,6,8,19H,2-3,5,7,9-13H2,1H3,(H,20,21). The van der Waals surface area contributed by atoms with Crippen LogP contribution in [0.1, 0.15) is 36.8 Å². The Kier molecular flexibility index (Phi) is 4.79. The molecule has 0 bridgehead atoms. The van der Waals surface area contributed by atoms with E-state index in [1.165, 1.54) is 24.0 Å². The minimum absolute atomic E-state index is 0.120. The van der Waals surface area contributed by atoms with Crippen molar-refractivity contribution in [3.8, 4) is 0 Å². The van der Waals surface area contributed by atoms with Gasteiger partial charge in [0.15, 0.2) is 0 Å². The molecule has 3 rings (SSSR count). The highest BCUT2D eigenvalue weighted by atomic mass is 16.5. The quantitative estimate of drug-likeness (QED) is 0.898. The second-order valence-corrected chi connectivity index (χ2v) is 6.57. The molecule has 1 aromatic rings. The molecule has 1 aliphatic heterocycles. The van der Waals surface area contributed by atoms with Crippen LogP contribution in [0.15, 0.2) is 18.2 Å². The summed E-state index contributed by atoms with van der Waals surface area (Å²) < 4.78 is 5.37. The first-order valence-corrected chi connectivity index (χ1v) is 8.37. The van der Waals surface area contributed by atoms with Crippen LogP contribution in [-0.2, 0) is 22.4 Å².